The van der Waals surface area contributed by atoms with Crippen molar-refractivity contribution in [2.45, 2.75) is 6.54 Å². The molecular weight excluding hydrogens is 346 g/mol. The molecule has 2 heterocycles. The van der Waals surface area contributed by atoms with Gasteiger partial charge in [-0.25, -0.2) is 4.98 Å². The summed E-state index contributed by atoms with van der Waals surface area (Å²) >= 11 is 0. The number of hydrogen-bond donors (Lipinski definition) is 3. The summed E-state index contributed by atoms with van der Waals surface area (Å²) in [6, 6.07) is 14.4. The smallest absolute Gasteiger partial charge is 0.271 e. The number of benzene rings is 2. The van der Waals surface area contributed by atoms with Crippen LogP contribution < -0.4 is 16.4 Å². The third-order valence-electron chi connectivity index (χ3n) is 4.20. The molecule has 0 fully saturated rings. The number of carbonyl (C=O) groups excluding carboxylic acids is 2. The molecule has 2 aromatic heterocycles. The zero-order valence-electron chi connectivity index (χ0n) is 14.1. The van der Waals surface area contributed by atoms with E-state index in [0.29, 0.717) is 16.6 Å². The van der Waals surface area contributed by atoms with Crippen LogP contribution in [-0.4, -0.2) is 26.3 Å². The number of nitrogens with zero attached hydrogens (tertiary/aromatic N) is 2. The molecule has 2 aromatic carbocycles. The fourth-order valence-corrected chi connectivity index (χ4v) is 2.91. The predicted molar refractivity (Wildman–Crippen MR) is 99.9 cm³/mol. The van der Waals surface area contributed by atoms with Crippen LogP contribution in [0.1, 0.15) is 10.4 Å². The minimum absolute atomic E-state index is 0.240. The molecule has 0 atom stereocenters. The normalized spacial score (nSPS) is 10.8. The van der Waals surface area contributed by atoms with E-state index in [0.717, 1.165) is 10.9 Å². The van der Waals surface area contributed by atoms with Gasteiger partial charge in [-0.2, -0.15) is 0 Å². The predicted octanol–water partition coefficient (Wildman–Crippen LogP) is 1.34. The Morgan fingerprint density at radius 2 is 1.81 bits per heavy atom. The van der Waals surface area contributed by atoms with Gasteiger partial charge in [0.15, 0.2) is 0 Å². The molecule has 8 nitrogen and oxygen atoms in total. The molecule has 3 N–H and O–H groups in total. The quantitative estimate of drug-likeness (QED) is 0.478. The maximum Gasteiger partial charge on any atom is 0.271 e. The fraction of sp³-hybridized carbons (Fsp3) is 0.0526. The summed E-state index contributed by atoms with van der Waals surface area (Å²) in [5.41, 5.74) is 6.71. The Bertz CT molecular complexity index is 1220. The highest BCUT2D eigenvalue weighted by Crippen LogP contribution is 2.17. The van der Waals surface area contributed by atoms with Gasteiger partial charge >= 0.3 is 0 Å². The Kier molecular flexibility index (Phi) is 4.13. The number of hydrogen-bond acceptors (Lipinski definition) is 4. The highest BCUT2D eigenvalue weighted by atomic mass is 16.2. The summed E-state index contributed by atoms with van der Waals surface area (Å²) in [5, 5.41) is 0.751. The van der Waals surface area contributed by atoms with Crippen molar-refractivity contribution < 1.29 is 9.59 Å². The Labute approximate surface area is 152 Å². The van der Waals surface area contributed by atoms with Crippen molar-refractivity contribution in [2.75, 3.05) is 0 Å². The number of amides is 2. The van der Waals surface area contributed by atoms with E-state index in [4.69, 9.17) is 0 Å². The van der Waals surface area contributed by atoms with Gasteiger partial charge in [-0.1, -0.05) is 30.3 Å². The van der Waals surface area contributed by atoms with Crippen molar-refractivity contribution >= 4 is 33.8 Å². The minimum Gasteiger partial charge on any atom is -0.360 e. The average Bonchev–Trinajstić information content (AvgIpc) is 3.12. The number of carbonyl (C=O) groups is 2. The molecule has 4 rings (SSSR count). The Morgan fingerprint density at radius 3 is 2.70 bits per heavy atom. The van der Waals surface area contributed by atoms with Gasteiger partial charge in [-0.05, 0) is 18.2 Å². The molecule has 0 aliphatic rings. The summed E-state index contributed by atoms with van der Waals surface area (Å²) in [7, 11) is 0. The van der Waals surface area contributed by atoms with Crippen LogP contribution in [0.25, 0.3) is 21.9 Å². The van der Waals surface area contributed by atoms with Gasteiger partial charge in [0.2, 0.25) is 0 Å². The maximum atomic E-state index is 12.3. The van der Waals surface area contributed by atoms with Gasteiger partial charge in [0.05, 0.1) is 22.8 Å². The molecule has 4 aromatic rings. The van der Waals surface area contributed by atoms with Crippen molar-refractivity contribution in [3.63, 3.8) is 0 Å². The summed E-state index contributed by atoms with van der Waals surface area (Å²) in [6.07, 6.45) is 2.74. The topological polar surface area (TPSA) is 109 Å². The van der Waals surface area contributed by atoms with Gasteiger partial charge in [0.25, 0.3) is 17.4 Å². The lowest BCUT2D eigenvalue weighted by atomic mass is 10.2. The highest BCUT2D eigenvalue weighted by Gasteiger charge is 2.13. The molecule has 2 amide bonds. The molecule has 0 unspecified atom stereocenters. The molecule has 0 spiro atoms. The third-order valence-corrected chi connectivity index (χ3v) is 4.20. The van der Waals surface area contributed by atoms with Crippen molar-refractivity contribution in [1.82, 2.24) is 25.4 Å². The standard InChI is InChI=1S/C19H15N5O3/c25-17(11-24-16-8-4-3-7-15(16)21-10-18(24)26)22-23-19(27)13-9-20-14-6-2-1-5-12(13)14/h1-10,20H,11H2,(H,22,25)(H,23,27). The molecule has 0 aliphatic heterocycles. The fourth-order valence-electron chi connectivity index (χ4n) is 2.91. The van der Waals surface area contributed by atoms with Crippen LogP contribution in [-0.2, 0) is 11.3 Å². The number of H-pyrrole nitrogens is 1. The van der Waals surface area contributed by atoms with Crippen LogP contribution in [0.15, 0.2) is 65.7 Å². The Balaban J connectivity index is 1.48. The average molecular weight is 361 g/mol. The molecule has 0 saturated heterocycles. The number of aromatic amines is 1. The monoisotopic (exact) mass is 361 g/mol. The number of aromatic nitrogens is 3. The van der Waals surface area contributed by atoms with E-state index in [1.165, 1.54) is 10.8 Å². The summed E-state index contributed by atoms with van der Waals surface area (Å²) in [4.78, 5) is 43.7. The lowest BCUT2D eigenvalue weighted by Gasteiger charge is -2.10. The molecule has 27 heavy (non-hydrogen) atoms. The van der Waals surface area contributed by atoms with Gasteiger partial charge in [0.1, 0.15) is 6.54 Å². The second kappa shape index (κ2) is 6.75. The molecule has 0 saturated carbocycles. The first-order valence-corrected chi connectivity index (χ1v) is 8.23. The zero-order valence-corrected chi connectivity index (χ0v) is 14.1. The second-order valence-corrected chi connectivity index (χ2v) is 5.92. The largest absolute Gasteiger partial charge is 0.360 e. The van der Waals surface area contributed by atoms with E-state index in [-0.39, 0.29) is 6.54 Å². The van der Waals surface area contributed by atoms with Gasteiger partial charge in [-0.3, -0.25) is 29.8 Å². The van der Waals surface area contributed by atoms with Crippen LogP contribution in [0.4, 0.5) is 0 Å². The molecule has 8 heteroatoms. The van der Waals surface area contributed by atoms with Crippen molar-refractivity contribution in [1.29, 1.82) is 0 Å². The van der Waals surface area contributed by atoms with E-state index >= 15 is 0 Å². The van der Waals surface area contributed by atoms with Gasteiger partial charge in [-0.15, -0.1) is 0 Å². The second-order valence-electron chi connectivity index (χ2n) is 5.92. The highest BCUT2D eigenvalue weighted by molar-refractivity contribution is 6.07. The van der Waals surface area contributed by atoms with E-state index in [1.54, 1.807) is 30.5 Å². The number of para-hydroxylation sites is 3. The lowest BCUT2D eigenvalue weighted by molar-refractivity contribution is -0.122. The molecular formula is C19H15N5O3. The molecule has 134 valence electrons. The maximum absolute atomic E-state index is 12.3. The number of fused-ring (bicyclic) bond motifs is 2. The lowest BCUT2D eigenvalue weighted by Crippen LogP contribution is -2.44. The first-order valence-electron chi connectivity index (χ1n) is 8.23. The molecule has 0 aliphatic carbocycles. The van der Waals surface area contributed by atoms with Crippen molar-refractivity contribution in [2.24, 2.45) is 0 Å². The van der Waals surface area contributed by atoms with Gasteiger partial charge < -0.3 is 4.98 Å². The third kappa shape index (κ3) is 3.15. The summed E-state index contributed by atoms with van der Waals surface area (Å²) < 4.78 is 1.30. The van der Waals surface area contributed by atoms with Gasteiger partial charge in [0, 0.05) is 17.1 Å². The van der Waals surface area contributed by atoms with Crippen LogP contribution in [0.3, 0.4) is 0 Å². The first-order chi connectivity index (χ1) is 13.1. The van der Waals surface area contributed by atoms with E-state index in [9.17, 15) is 14.4 Å². The number of nitrogens with one attached hydrogen (secondary N) is 3. The van der Waals surface area contributed by atoms with E-state index in [2.05, 4.69) is 20.8 Å². The van der Waals surface area contributed by atoms with E-state index < -0.39 is 17.4 Å². The SMILES string of the molecule is O=C(Cn1c(=O)cnc2ccccc21)NNC(=O)c1c[nH]c2ccccc12. The number of rotatable bonds is 3. The molecule has 0 radical (unpaired) electrons. The summed E-state index contributed by atoms with van der Waals surface area (Å²) in [5.74, 6) is -0.977. The van der Waals surface area contributed by atoms with E-state index in [1.807, 2.05) is 24.3 Å². The van der Waals surface area contributed by atoms with Crippen LogP contribution in [0.2, 0.25) is 0 Å². The van der Waals surface area contributed by atoms with Crippen molar-refractivity contribution in [3.05, 3.63) is 76.8 Å². The Morgan fingerprint density at radius 1 is 1.04 bits per heavy atom. The molecule has 0 bridgehead atoms. The number of hydrazine groups is 1. The first kappa shape index (κ1) is 16.5. The minimum atomic E-state index is -0.526. The summed E-state index contributed by atoms with van der Waals surface area (Å²) in [6.45, 7) is -0.240. The van der Waals surface area contributed by atoms with Crippen molar-refractivity contribution in [3.8, 4) is 0 Å². The zero-order chi connectivity index (χ0) is 18.8. The Hall–Kier alpha value is -3.94. The van der Waals surface area contributed by atoms with Crippen LogP contribution in [0, 0.1) is 0 Å². The van der Waals surface area contributed by atoms with Crippen LogP contribution >= 0.6 is 0 Å². The van der Waals surface area contributed by atoms with Crippen LogP contribution in [0.5, 0.6) is 0 Å².